The van der Waals surface area contributed by atoms with Gasteiger partial charge in [0.05, 0.1) is 32.4 Å². The van der Waals surface area contributed by atoms with Gasteiger partial charge in [-0.2, -0.15) is 5.10 Å². The number of aromatic nitrogens is 1. The van der Waals surface area contributed by atoms with Crippen molar-refractivity contribution in [3.63, 3.8) is 0 Å². The number of morpholine rings is 1. The fraction of sp³-hybridized carbons (Fsp3) is 0.421. The summed E-state index contributed by atoms with van der Waals surface area (Å²) in [7, 11) is 1.64. The molecule has 0 aliphatic carbocycles. The van der Waals surface area contributed by atoms with Gasteiger partial charge in [-0.25, -0.2) is 10.4 Å². The number of hydrogen-bond acceptors (Lipinski definition) is 7. The SMILES string of the molecule is COc1ccccc1C/C(C)=N\NC(=O)Cc1csc(N2CCOCC2)n1. The summed E-state index contributed by atoms with van der Waals surface area (Å²) in [6.07, 6.45) is 0.828. The molecule has 0 saturated carbocycles. The molecule has 1 N–H and O–H groups in total. The Kier molecular flexibility index (Phi) is 6.78. The lowest BCUT2D eigenvalue weighted by molar-refractivity contribution is -0.120. The third kappa shape index (κ3) is 5.51. The van der Waals surface area contributed by atoms with Gasteiger partial charge in [-0.05, 0) is 18.6 Å². The molecule has 0 unspecified atom stereocenters. The van der Waals surface area contributed by atoms with E-state index in [4.69, 9.17) is 9.47 Å². The van der Waals surface area contributed by atoms with Crippen LogP contribution in [0.4, 0.5) is 5.13 Å². The second-order valence-electron chi connectivity index (χ2n) is 6.27. The first-order valence-corrected chi connectivity index (χ1v) is 9.74. The largest absolute Gasteiger partial charge is 0.496 e. The van der Waals surface area contributed by atoms with Gasteiger partial charge in [0.25, 0.3) is 0 Å². The maximum absolute atomic E-state index is 12.2. The number of benzene rings is 1. The van der Waals surface area contributed by atoms with E-state index in [9.17, 15) is 4.79 Å². The molecular weight excluding hydrogens is 364 g/mol. The highest BCUT2D eigenvalue weighted by Crippen LogP contribution is 2.21. The molecule has 2 aromatic rings. The number of rotatable bonds is 7. The second-order valence-corrected chi connectivity index (χ2v) is 7.10. The normalized spacial score (nSPS) is 14.9. The average Bonchev–Trinajstić information content (AvgIpc) is 3.16. The lowest BCUT2D eigenvalue weighted by atomic mass is 10.1. The summed E-state index contributed by atoms with van der Waals surface area (Å²) in [5.41, 5.74) is 5.22. The maximum Gasteiger partial charge on any atom is 0.246 e. The number of carbonyl (C=O) groups excluding carboxylic acids is 1. The van der Waals surface area contributed by atoms with Crippen molar-refractivity contribution in [1.82, 2.24) is 10.4 Å². The first kappa shape index (κ1) is 19.3. The van der Waals surface area contributed by atoms with E-state index in [-0.39, 0.29) is 12.3 Å². The summed E-state index contributed by atoms with van der Waals surface area (Å²) >= 11 is 1.56. The van der Waals surface area contributed by atoms with E-state index in [1.807, 2.05) is 36.6 Å². The molecule has 1 fully saturated rings. The number of para-hydroxylation sites is 1. The van der Waals surface area contributed by atoms with E-state index in [1.165, 1.54) is 0 Å². The maximum atomic E-state index is 12.2. The molecule has 0 bridgehead atoms. The van der Waals surface area contributed by atoms with Crippen LogP contribution < -0.4 is 15.1 Å². The zero-order chi connectivity index (χ0) is 19.1. The number of carbonyl (C=O) groups is 1. The summed E-state index contributed by atoms with van der Waals surface area (Å²) in [4.78, 5) is 18.9. The number of anilines is 1. The van der Waals surface area contributed by atoms with Gasteiger partial charge in [-0.3, -0.25) is 4.79 Å². The molecule has 3 rings (SSSR count). The van der Waals surface area contributed by atoms with Crippen LogP contribution in [0.25, 0.3) is 0 Å². The van der Waals surface area contributed by atoms with Gasteiger partial charge in [0, 0.05) is 30.6 Å². The minimum Gasteiger partial charge on any atom is -0.496 e. The smallest absolute Gasteiger partial charge is 0.246 e. The van der Waals surface area contributed by atoms with Crippen LogP contribution in [0, 0.1) is 0 Å². The Morgan fingerprint density at radius 2 is 2.11 bits per heavy atom. The molecule has 7 nitrogen and oxygen atoms in total. The predicted octanol–water partition coefficient (Wildman–Crippen LogP) is 2.27. The molecule has 1 aromatic heterocycles. The van der Waals surface area contributed by atoms with Crippen LogP contribution in [-0.2, 0) is 22.4 Å². The van der Waals surface area contributed by atoms with E-state index in [1.54, 1.807) is 18.4 Å². The van der Waals surface area contributed by atoms with Crippen molar-refractivity contribution in [2.24, 2.45) is 5.10 Å². The minimum absolute atomic E-state index is 0.173. The molecule has 2 heterocycles. The topological polar surface area (TPSA) is 76.0 Å². The number of nitrogens with one attached hydrogen (secondary N) is 1. The van der Waals surface area contributed by atoms with Crippen molar-refractivity contribution in [1.29, 1.82) is 0 Å². The fourth-order valence-electron chi connectivity index (χ4n) is 2.80. The summed E-state index contributed by atoms with van der Waals surface area (Å²) in [6, 6.07) is 7.78. The highest BCUT2D eigenvalue weighted by molar-refractivity contribution is 7.13. The van der Waals surface area contributed by atoms with Crippen molar-refractivity contribution in [2.45, 2.75) is 19.8 Å². The number of amides is 1. The summed E-state index contributed by atoms with van der Waals surface area (Å²) in [5, 5.41) is 7.07. The van der Waals surface area contributed by atoms with Gasteiger partial charge in [0.1, 0.15) is 5.75 Å². The first-order valence-electron chi connectivity index (χ1n) is 8.86. The van der Waals surface area contributed by atoms with Crippen molar-refractivity contribution in [3.8, 4) is 5.75 Å². The zero-order valence-electron chi connectivity index (χ0n) is 15.6. The molecule has 0 atom stereocenters. The lowest BCUT2D eigenvalue weighted by Gasteiger charge is -2.26. The van der Waals surface area contributed by atoms with Gasteiger partial charge < -0.3 is 14.4 Å². The molecule has 1 aliphatic heterocycles. The van der Waals surface area contributed by atoms with Crippen LogP contribution in [0.5, 0.6) is 5.75 Å². The minimum atomic E-state index is -0.173. The highest BCUT2D eigenvalue weighted by Gasteiger charge is 2.15. The third-order valence-electron chi connectivity index (χ3n) is 4.17. The Labute approximate surface area is 163 Å². The summed E-state index contributed by atoms with van der Waals surface area (Å²) < 4.78 is 10.7. The molecule has 1 aromatic carbocycles. The van der Waals surface area contributed by atoms with Crippen molar-refractivity contribution >= 4 is 28.1 Å². The molecular formula is C19H24N4O3S. The molecule has 144 valence electrons. The molecule has 27 heavy (non-hydrogen) atoms. The molecule has 8 heteroatoms. The molecule has 1 aliphatic rings. The average molecular weight is 388 g/mol. The number of methoxy groups -OCH3 is 1. The van der Waals surface area contributed by atoms with Crippen molar-refractivity contribution < 1.29 is 14.3 Å². The van der Waals surface area contributed by atoms with Gasteiger partial charge >= 0.3 is 0 Å². The zero-order valence-corrected chi connectivity index (χ0v) is 16.4. The molecule has 0 spiro atoms. The van der Waals surface area contributed by atoms with Crippen LogP contribution >= 0.6 is 11.3 Å². The van der Waals surface area contributed by atoms with E-state index in [0.717, 1.165) is 54.2 Å². The first-order chi connectivity index (χ1) is 13.2. The predicted molar refractivity (Wildman–Crippen MR) is 107 cm³/mol. The van der Waals surface area contributed by atoms with E-state index in [2.05, 4.69) is 20.4 Å². The lowest BCUT2D eigenvalue weighted by Crippen LogP contribution is -2.36. The number of hydrogen-bond donors (Lipinski definition) is 1. The monoisotopic (exact) mass is 388 g/mol. The molecule has 0 radical (unpaired) electrons. The fourth-order valence-corrected chi connectivity index (χ4v) is 3.68. The summed E-state index contributed by atoms with van der Waals surface area (Å²) in [6.45, 7) is 4.99. The van der Waals surface area contributed by atoms with Gasteiger partial charge in [-0.1, -0.05) is 18.2 Å². The van der Waals surface area contributed by atoms with Crippen LogP contribution in [0.15, 0.2) is 34.7 Å². The van der Waals surface area contributed by atoms with Gasteiger partial charge in [0.2, 0.25) is 5.91 Å². The van der Waals surface area contributed by atoms with Crippen molar-refractivity contribution in [2.75, 3.05) is 38.3 Å². The Bertz CT molecular complexity index is 800. The molecule has 1 saturated heterocycles. The quantitative estimate of drug-likeness (QED) is 0.582. The van der Waals surface area contributed by atoms with Gasteiger partial charge in [0.15, 0.2) is 5.13 Å². The Morgan fingerprint density at radius 1 is 1.33 bits per heavy atom. The second kappa shape index (κ2) is 9.48. The summed E-state index contributed by atoms with van der Waals surface area (Å²) in [5.74, 6) is 0.643. The molecule has 1 amide bonds. The van der Waals surface area contributed by atoms with Crippen LogP contribution in [0.2, 0.25) is 0 Å². The third-order valence-corrected chi connectivity index (χ3v) is 5.12. The Hall–Kier alpha value is -2.45. The Morgan fingerprint density at radius 3 is 2.89 bits per heavy atom. The number of nitrogens with zero attached hydrogens (tertiary/aromatic N) is 3. The highest BCUT2D eigenvalue weighted by atomic mass is 32.1. The Balaban J connectivity index is 1.51. The van der Waals surface area contributed by atoms with E-state index < -0.39 is 0 Å². The van der Waals surface area contributed by atoms with E-state index in [0.29, 0.717) is 6.42 Å². The standard InChI is InChI=1S/C19H24N4O3S/c1-14(11-15-5-3-4-6-17(15)25-2)21-22-18(24)12-16-13-27-19(20-16)23-7-9-26-10-8-23/h3-6,13H,7-12H2,1-2H3,(H,22,24)/b21-14-. The van der Waals surface area contributed by atoms with Gasteiger partial charge in [-0.15, -0.1) is 11.3 Å². The van der Waals surface area contributed by atoms with Crippen LogP contribution in [-0.4, -0.2) is 50.0 Å². The van der Waals surface area contributed by atoms with Crippen LogP contribution in [0.3, 0.4) is 0 Å². The van der Waals surface area contributed by atoms with Crippen LogP contribution in [0.1, 0.15) is 18.2 Å². The number of ether oxygens (including phenoxy) is 2. The van der Waals surface area contributed by atoms with Crippen molar-refractivity contribution in [3.05, 3.63) is 40.9 Å². The van der Waals surface area contributed by atoms with E-state index >= 15 is 0 Å². The number of thiazole rings is 1. The number of hydrazone groups is 1.